The number of ketones is 1. The van der Waals surface area contributed by atoms with Gasteiger partial charge in [0.2, 0.25) is 23.5 Å². The van der Waals surface area contributed by atoms with Crippen molar-refractivity contribution in [3.63, 3.8) is 0 Å². The summed E-state index contributed by atoms with van der Waals surface area (Å²) in [7, 11) is 0. The molecule has 2 heterocycles. The number of likely N-dealkylation sites (tertiary alicyclic amines) is 1. The molecule has 1 aliphatic heterocycles. The molecule has 0 radical (unpaired) electrons. The Balaban J connectivity index is 0. The number of nitrogens with zero attached hydrogens (tertiary/aromatic N) is 3. The average Bonchev–Trinajstić information content (AvgIpc) is 3.65. The van der Waals surface area contributed by atoms with Crippen LogP contribution in [0.25, 0.3) is 0 Å². The number of nitrogens with one attached hydrogen (secondary N) is 4. The molecular weight excluding hydrogens is 759 g/mol. The van der Waals surface area contributed by atoms with Gasteiger partial charge < -0.3 is 26.2 Å². The van der Waals surface area contributed by atoms with Crippen molar-refractivity contribution in [2.75, 3.05) is 6.54 Å². The smallest absolute Gasteiger partial charge is 0.289 e. The Kier molecular flexibility index (Phi) is 23.7. The van der Waals surface area contributed by atoms with E-state index in [2.05, 4.69) is 31.2 Å². The van der Waals surface area contributed by atoms with E-state index in [1.807, 2.05) is 27.7 Å². The Morgan fingerprint density at radius 1 is 0.836 bits per heavy atom. The molecule has 6 atom stereocenters. The largest absolute Gasteiger partial charge is 0.347 e. The summed E-state index contributed by atoms with van der Waals surface area (Å²) in [5, 5.41) is 11.5. The fourth-order valence-electron chi connectivity index (χ4n) is 7.87. The standard InChI is InChI=1S/C36H53N7O6.3CH4.3H2S/c1-5-10-25(29(44)34(48)39-23-15-16-23)40-33(47)28-24-14-9-13-22(24)20-43(28)35(49)30(36(2,3)4)42-32(46)27(21-11-7-6-8-12-21)41-31(45)26-19-37-17-18-38-26;;;;;;/h17-19,21-25,27-28,30H,5-16,20H2,1-4H3,(H,39,48)(H,40,47)(H,41,45)(H,42,46);3*1H4;3*1H2/t22-,24-,25-,27+,28+,30+;;;;;;/m1....../s1. The Bertz CT molecular complexity index is 1410. The van der Waals surface area contributed by atoms with Crippen LogP contribution in [0, 0.1) is 23.2 Å². The third kappa shape index (κ3) is 13.6. The van der Waals surface area contributed by atoms with Gasteiger partial charge in [0, 0.05) is 25.0 Å². The monoisotopic (exact) mass is 829 g/mol. The van der Waals surface area contributed by atoms with Gasteiger partial charge in [0.15, 0.2) is 0 Å². The number of carbonyl (C=O) groups is 6. The number of hydrogen-bond donors (Lipinski definition) is 4. The minimum Gasteiger partial charge on any atom is -0.347 e. The van der Waals surface area contributed by atoms with Gasteiger partial charge in [-0.1, -0.05) is 82.1 Å². The number of aromatic nitrogens is 2. The molecule has 0 aromatic carbocycles. The molecule has 1 aromatic rings. The number of fused-ring (bicyclic) bond motifs is 1. The SMILES string of the molecule is C.C.C.CCC[C@@H](NC(=O)[C@@H]1[C@@H]2CCC[C@@H]2CN1C(=O)[C@H](NC(=O)[C@@H](NC(=O)c1cnccn1)C1CCCCC1)C(C)(C)C)C(=O)C(=O)NC1CC1.S.S.S. The van der Waals surface area contributed by atoms with Gasteiger partial charge in [0.1, 0.15) is 23.8 Å². The van der Waals surface area contributed by atoms with E-state index in [0.29, 0.717) is 19.4 Å². The Morgan fingerprint density at radius 3 is 2.05 bits per heavy atom. The fraction of sp³-hybridized carbons (Fsp3) is 0.744. The van der Waals surface area contributed by atoms with Crippen LogP contribution in [0.5, 0.6) is 0 Å². The van der Waals surface area contributed by atoms with E-state index >= 15 is 0 Å². The van der Waals surface area contributed by atoms with Gasteiger partial charge in [0.25, 0.3) is 11.8 Å². The zero-order valence-electron chi connectivity index (χ0n) is 30.8. The average molecular weight is 830 g/mol. The predicted octanol–water partition coefficient (Wildman–Crippen LogP) is 4.69. The Labute approximate surface area is 350 Å². The van der Waals surface area contributed by atoms with Crippen LogP contribution in [0.2, 0.25) is 0 Å². The molecule has 0 bridgehead atoms. The highest BCUT2D eigenvalue weighted by Crippen LogP contribution is 2.43. The number of hydrogen-bond acceptors (Lipinski definition) is 8. The molecule has 316 valence electrons. The molecule has 0 spiro atoms. The molecule has 4 N–H and O–H groups in total. The van der Waals surface area contributed by atoms with Gasteiger partial charge in [-0.3, -0.25) is 33.8 Å². The van der Waals surface area contributed by atoms with Crippen LogP contribution in [-0.4, -0.2) is 86.9 Å². The number of carbonyl (C=O) groups excluding carboxylic acids is 6. The molecule has 3 saturated carbocycles. The highest BCUT2D eigenvalue weighted by atomic mass is 32.1. The molecule has 13 nitrogen and oxygen atoms in total. The van der Waals surface area contributed by atoms with E-state index in [4.69, 9.17) is 0 Å². The minimum absolute atomic E-state index is 0. The summed E-state index contributed by atoms with van der Waals surface area (Å²) in [5.41, 5.74) is -0.638. The maximum absolute atomic E-state index is 14.6. The Morgan fingerprint density at radius 2 is 1.49 bits per heavy atom. The van der Waals surface area contributed by atoms with Crippen LogP contribution in [0.4, 0.5) is 0 Å². The molecule has 3 aliphatic carbocycles. The van der Waals surface area contributed by atoms with Crippen molar-refractivity contribution < 1.29 is 28.8 Å². The first-order chi connectivity index (χ1) is 23.4. The van der Waals surface area contributed by atoms with Crippen LogP contribution in [0.3, 0.4) is 0 Å². The molecule has 4 aliphatic rings. The molecule has 55 heavy (non-hydrogen) atoms. The van der Waals surface area contributed by atoms with Crippen LogP contribution in [-0.2, 0) is 24.0 Å². The van der Waals surface area contributed by atoms with Gasteiger partial charge in [-0.05, 0) is 68.1 Å². The lowest BCUT2D eigenvalue weighted by atomic mass is 9.82. The van der Waals surface area contributed by atoms with E-state index in [1.54, 1.807) is 4.90 Å². The molecule has 4 fully saturated rings. The summed E-state index contributed by atoms with van der Waals surface area (Å²) < 4.78 is 0. The summed E-state index contributed by atoms with van der Waals surface area (Å²) in [5.74, 6) is -3.20. The van der Waals surface area contributed by atoms with Gasteiger partial charge in [0.05, 0.1) is 12.2 Å². The molecule has 1 aromatic heterocycles. The normalized spacial score (nSPS) is 21.6. The van der Waals surface area contributed by atoms with E-state index in [9.17, 15) is 28.8 Å². The zero-order chi connectivity index (χ0) is 35.3. The third-order valence-corrected chi connectivity index (χ3v) is 10.7. The third-order valence-electron chi connectivity index (χ3n) is 10.7. The maximum atomic E-state index is 14.6. The highest BCUT2D eigenvalue weighted by molar-refractivity contribution is 7.59. The van der Waals surface area contributed by atoms with E-state index in [1.165, 1.54) is 18.6 Å². The maximum Gasteiger partial charge on any atom is 0.289 e. The first kappa shape index (κ1) is 54.3. The first-order valence-electron chi connectivity index (χ1n) is 18.2. The second kappa shape index (κ2) is 24.0. The molecule has 16 heteroatoms. The summed E-state index contributed by atoms with van der Waals surface area (Å²) in [6.45, 7) is 7.85. The van der Waals surface area contributed by atoms with Crippen molar-refractivity contribution in [2.24, 2.45) is 23.2 Å². The van der Waals surface area contributed by atoms with Crippen molar-refractivity contribution in [3.8, 4) is 0 Å². The predicted molar refractivity (Wildman–Crippen MR) is 232 cm³/mol. The molecule has 0 unspecified atom stereocenters. The summed E-state index contributed by atoms with van der Waals surface area (Å²) in [6, 6.07) is -3.68. The summed E-state index contributed by atoms with van der Waals surface area (Å²) in [4.78, 5) is 91.4. The van der Waals surface area contributed by atoms with Crippen LogP contribution < -0.4 is 21.3 Å². The van der Waals surface area contributed by atoms with Crippen molar-refractivity contribution in [2.45, 2.75) is 157 Å². The second-order valence-corrected chi connectivity index (χ2v) is 15.5. The quantitative estimate of drug-likeness (QED) is 0.207. The van der Waals surface area contributed by atoms with Crippen LogP contribution in [0.15, 0.2) is 18.6 Å². The van der Waals surface area contributed by atoms with Gasteiger partial charge in [-0.15, -0.1) is 0 Å². The van der Waals surface area contributed by atoms with E-state index in [0.717, 1.165) is 64.2 Å². The lowest BCUT2D eigenvalue weighted by Gasteiger charge is -2.38. The van der Waals surface area contributed by atoms with Gasteiger partial charge in [-0.25, -0.2) is 4.98 Å². The second-order valence-electron chi connectivity index (χ2n) is 15.5. The highest BCUT2D eigenvalue weighted by Gasteiger charge is 2.52. The number of rotatable bonds is 13. The number of Topliss-reactive ketones (excluding diaryl/α,β-unsaturated/α-hetero) is 1. The van der Waals surface area contributed by atoms with E-state index in [-0.39, 0.29) is 98.2 Å². The van der Waals surface area contributed by atoms with Gasteiger partial charge >= 0.3 is 0 Å². The number of amides is 5. The fourth-order valence-corrected chi connectivity index (χ4v) is 7.87. The van der Waals surface area contributed by atoms with Gasteiger partial charge in [-0.2, -0.15) is 40.5 Å². The topological polar surface area (TPSA) is 180 Å². The van der Waals surface area contributed by atoms with Crippen molar-refractivity contribution >= 4 is 75.8 Å². The van der Waals surface area contributed by atoms with Crippen molar-refractivity contribution in [1.29, 1.82) is 0 Å². The molecule has 5 amide bonds. The molecule has 5 rings (SSSR count). The lowest BCUT2D eigenvalue weighted by molar-refractivity contribution is -0.146. The van der Waals surface area contributed by atoms with Crippen LogP contribution in [0.1, 0.15) is 138 Å². The first-order valence-corrected chi connectivity index (χ1v) is 18.2. The van der Waals surface area contributed by atoms with Crippen LogP contribution >= 0.6 is 40.5 Å². The lowest BCUT2D eigenvalue weighted by Crippen LogP contribution is -2.62. The minimum atomic E-state index is -0.994. The van der Waals surface area contributed by atoms with Crippen molar-refractivity contribution in [1.82, 2.24) is 36.1 Å². The summed E-state index contributed by atoms with van der Waals surface area (Å²) >= 11 is 0. The summed E-state index contributed by atoms with van der Waals surface area (Å²) in [6.07, 6.45) is 13.9. The molecule has 1 saturated heterocycles. The Hall–Kier alpha value is -2.85. The van der Waals surface area contributed by atoms with Crippen molar-refractivity contribution in [3.05, 3.63) is 24.3 Å². The molecular formula is C39H71N7O6S3. The zero-order valence-corrected chi connectivity index (χ0v) is 33.8. The van der Waals surface area contributed by atoms with E-state index < -0.39 is 59.0 Å².